The van der Waals surface area contributed by atoms with Gasteiger partial charge in [-0.2, -0.15) is 8.78 Å². The van der Waals surface area contributed by atoms with Gasteiger partial charge >= 0.3 is 6.61 Å². The van der Waals surface area contributed by atoms with E-state index in [0.717, 1.165) is 37.3 Å². The topological polar surface area (TPSA) is 103 Å². The lowest BCUT2D eigenvalue weighted by molar-refractivity contribution is -0.0502. The molecule has 1 aromatic carbocycles. The monoisotopic (exact) mass is 536 g/mol. The highest BCUT2D eigenvalue weighted by Gasteiger charge is 2.29. The van der Waals surface area contributed by atoms with Crippen molar-refractivity contribution in [3.63, 3.8) is 0 Å². The number of nitrogens with zero attached hydrogens (tertiary/aromatic N) is 5. The maximum absolute atomic E-state index is 13.3. The van der Waals surface area contributed by atoms with Crippen LogP contribution in [0.25, 0.3) is 28.2 Å². The van der Waals surface area contributed by atoms with Crippen molar-refractivity contribution in [1.82, 2.24) is 24.9 Å². The lowest BCUT2D eigenvalue weighted by Crippen LogP contribution is -2.36. The van der Waals surface area contributed by atoms with Crippen LogP contribution in [0.3, 0.4) is 0 Å². The van der Waals surface area contributed by atoms with E-state index in [4.69, 9.17) is 14.2 Å². The van der Waals surface area contributed by atoms with E-state index in [1.807, 2.05) is 34.9 Å². The highest BCUT2D eigenvalue weighted by Crippen LogP contribution is 2.37. The van der Waals surface area contributed by atoms with Crippen molar-refractivity contribution in [1.29, 1.82) is 0 Å². The third-order valence-electron chi connectivity index (χ3n) is 6.73. The van der Waals surface area contributed by atoms with E-state index in [9.17, 15) is 13.6 Å². The van der Waals surface area contributed by atoms with Gasteiger partial charge in [-0.05, 0) is 49.2 Å². The number of methoxy groups -OCH3 is 1. The number of hydrogen-bond donors (Lipinski definition) is 1. The van der Waals surface area contributed by atoms with Crippen molar-refractivity contribution in [3.8, 4) is 34.0 Å². The highest BCUT2D eigenvalue weighted by atomic mass is 19.3. The van der Waals surface area contributed by atoms with Crippen molar-refractivity contribution >= 4 is 17.4 Å². The number of ether oxygens (including phenoxy) is 3. The summed E-state index contributed by atoms with van der Waals surface area (Å²) in [5.41, 5.74) is 3.18. The molecule has 0 bridgehead atoms. The van der Waals surface area contributed by atoms with E-state index in [0.29, 0.717) is 35.8 Å². The molecule has 3 aromatic heterocycles. The Morgan fingerprint density at radius 3 is 2.56 bits per heavy atom. The number of benzene rings is 1. The normalized spacial score (nSPS) is 15.5. The minimum absolute atomic E-state index is 0.0366. The largest absolute Gasteiger partial charge is 0.496 e. The van der Waals surface area contributed by atoms with E-state index in [-0.39, 0.29) is 23.1 Å². The molecule has 1 aliphatic carbocycles. The number of amides is 1. The number of nitrogens with one attached hydrogen (secondary N) is 1. The molecule has 202 valence electrons. The Kier molecular flexibility index (Phi) is 6.69. The lowest BCUT2D eigenvalue weighted by atomic mass is 10.1. The summed E-state index contributed by atoms with van der Waals surface area (Å²) < 4.78 is 44.0. The van der Waals surface area contributed by atoms with Crippen LogP contribution in [-0.4, -0.2) is 71.6 Å². The van der Waals surface area contributed by atoms with E-state index in [1.165, 1.54) is 13.2 Å². The molecule has 1 aliphatic heterocycles. The first kappa shape index (κ1) is 25.0. The fourth-order valence-electron chi connectivity index (χ4n) is 4.59. The number of fused-ring (bicyclic) bond motifs is 1. The minimum Gasteiger partial charge on any atom is -0.496 e. The molecule has 1 N–H and O–H groups in total. The number of carbonyl (C=O) groups excluding carboxylic acids is 1. The third-order valence-corrected chi connectivity index (χ3v) is 6.73. The molecule has 39 heavy (non-hydrogen) atoms. The van der Waals surface area contributed by atoms with Crippen molar-refractivity contribution in [2.45, 2.75) is 25.5 Å². The Morgan fingerprint density at radius 1 is 1.08 bits per heavy atom. The summed E-state index contributed by atoms with van der Waals surface area (Å²) in [6, 6.07) is 10.7. The van der Waals surface area contributed by atoms with E-state index < -0.39 is 12.5 Å². The van der Waals surface area contributed by atoms with Crippen LogP contribution in [0.5, 0.6) is 11.5 Å². The number of morpholine rings is 1. The molecule has 0 radical (unpaired) electrons. The molecule has 0 spiro atoms. The molecule has 1 saturated heterocycles. The first-order chi connectivity index (χ1) is 19.0. The summed E-state index contributed by atoms with van der Waals surface area (Å²) >= 11 is 0. The molecule has 0 atom stereocenters. The van der Waals surface area contributed by atoms with E-state index >= 15 is 0 Å². The van der Waals surface area contributed by atoms with E-state index in [1.54, 1.807) is 12.3 Å². The second-order valence-corrected chi connectivity index (χ2v) is 9.34. The van der Waals surface area contributed by atoms with Gasteiger partial charge in [-0.25, -0.2) is 4.98 Å². The molecule has 6 rings (SSSR count). The van der Waals surface area contributed by atoms with Gasteiger partial charge in [-0.15, -0.1) is 10.2 Å². The SMILES string of the molecule is COc1cc(-c2cnc3cc(-c4ccc(N5CCOCC5)nn4)ccn23)cc(OC(F)F)c1C(=O)NC1CC1. The van der Waals surface area contributed by atoms with Gasteiger partial charge in [0, 0.05) is 36.5 Å². The highest BCUT2D eigenvalue weighted by molar-refractivity contribution is 6.01. The van der Waals surface area contributed by atoms with Gasteiger partial charge in [-0.1, -0.05) is 0 Å². The van der Waals surface area contributed by atoms with Crippen LogP contribution in [0.4, 0.5) is 14.6 Å². The fourth-order valence-corrected chi connectivity index (χ4v) is 4.59. The molecule has 2 aliphatic rings. The Hall–Kier alpha value is -4.32. The zero-order valence-electron chi connectivity index (χ0n) is 21.1. The second-order valence-electron chi connectivity index (χ2n) is 9.34. The van der Waals surface area contributed by atoms with Crippen LogP contribution in [0.2, 0.25) is 0 Å². The van der Waals surface area contributed by atoms with Gasteiger partial charge in [0.2, 0.25) is 0 Å². The summed E-state index contributed by atoms with van der Waals surface area (Å²) in [4.78, 5) is 19.5. The predicted octanol–water partition coefficient (Wildman–Crippen LogP) is 3.80. The number of pyridine rings is 1. The summed E-state index contributed by atoms with van der Waals surface area (Å²) in [6.45, 7) is -0.228. The van der Waals surface area contributed by atoms with Crippen molar-refractivity contribution in [2.75, 3.05) is 38.3 Å². The van der Waals surface area contributed by atoms with Crippen LogP contribution in [-0.2, 0) is 4.74 Å². The lowest BCUT2D eigenvalue weighted by Gasteiger charge is -2.27. The average molecular weight is 537 g/mol. The van der Waals surface area contributed by atoms with Gasteiger partial charge < -0.3 is 24.4 Å². The predicted molar refractivity (Wildman–Crippen MR) is 138 cm³/mol. The van der Waals surface area contributed by atoms with Crippen LogP contribution in [0.15, 0.2) is 48.8 Å². The third kappa shape index (κ3) is 5.19. The Balaban J connectivity index is 1.32. The first-order valence-corrected chi connectivity index (χ1v) is 12.6. The number of rotatable bonds is 8. The Morgan fingerprint density at radius 2 is 1.87 bits per heavy atom. The van der Waals surface area contributed by atoms with Crippen LogP contribution < -0.4 is 19.7 Å². The molecule has 2 fully saturated rings. The first-order valence-electron chi connectivity index (χ1n) is 12.6. The van der Waals surface area contributed by atoms with Gasteiger partial charge in [0.15, 0.2) is 5.82 Å². The minimum atomic E-state index is -3.11. The van der Waals surface area contributed by atoms with Crippen molar-refractivity contribution in [3.05, 3.63) is 54.4 Å². The standard InChI is InChI=1S/C27H26F2N6O4/c1-37-21-12-17(13-22(39-27(28)29)25(21)26(36)31-18-2-3-18)20-15-30-24-14-16(6-7-35(20)24)19-4-5-23(33-32-19)34-8-10-38-11-9-34/h4-7,12-15,18,27H,2-3,8-11H2,1H3,(H,31,36). The quantitative estimate of drug-likeness (QED) is 0.363. The van der Waals surface area contributed by atoms with Crippen LogP contribution in [0, 0.1) is 0 Å². The van der Waals surface area contributed by atoms with Crippen LogP contribution >= 0.6 is 0 Å². The summed E-state index contributed by atoms with van der Waals surface area (Å²) in [7, 11) is 1.38. The van der Waals surface area contributed by atoms with Gasteiger partial charge in [0.1, 0.15) is 22.7 Å². The molecular formula is C27H26F2N6O4. The number of anilines is 1. The molecule has 4 aromatic rings. The Labute approximate surface area is 222 Å². The van der Waals surface area contributed by atoms with Crippen LogP contribution in [0.1, 0.15) is 23.2 Å². The summed E-state index contributed by atoms with van der Waals surface area (Å²) in [5.74, 6) is 0.152. The second kappa shape index (κ2) is 10.4. The number of aromatic nitrogens is 4. The number of hydrogen-bond acceptors (Lipinski definition) is 8. The zero-order valence-corrected chi connectivity index (χ0v) is 21.1. The van der Waals surface area contributed by atoms with Crippen molar-refractivity contribution in [2.24, 2.45) is 0 Å². The van der Waals surface area contributed by atoms with Gasteiger partial charge in [0.25, 0.3) is 5.91 Å². The molecular weight excluding hydrogens is 510 g/mol. The van der Waals surface area contributed by atoms with Gasteiger partial charge in [-0.3, -0.25) is 9.20 Å². The molecule has 10 nitrogen and oxygen atoms in total. The maximum atomic E-state index is 13.3. The average Bonchev–Trinajstić information content (AvgIpc) is 3.67. The van der Waals surface area contributed by atoms with Crippen molar-refractivity contribution < 1.29 is 27.8 Å². The fraction of sp³-hybridized carbons (Fsp3) is 0.333. The number of imidazole rings is 1. The molecule has 1 amide bonds. The Bertz CT molecular complexity index is 1500. The molecule has 4 heterocycles. The number of alkyl halides is 2. The smallest absolute Gasteiger partial charge is 0.387 e. The zero-order chi connectivity index (χ0) is 26.9. The summed E-state index contributed by atoms with van der Waals surface area (Å²) in [6.07, 6.45) is 5.14. The molecule has 0 unspecified atom stereocenters. The number of halogens is 2. The van der Waals surface area contributed by atoms with Gasteiger partial charge in [0.05, 0.1) is 37.9 Å². The maximum Gasteiger partial charge on any atom is 0.387 e. The number of carbonyl (C=O) groups is 1. The summed E-state index contributed by atoms with van der Waals surface area (Å²) in [5, 5.41) is 11.6. The molecule has 1 saturated carbocycles. The van der Waals surface area contributed by atoms with E-state index in [2.05, 4.69) is 25.4 Å². The molecule has 12 heteroatoms.